The van der Waals surface area contributed by atoms with Crippen molar-refractivity contribution in [3.8, 4) is 5.75 Å². The molecule has 0 amide bonds. The summed E-state index contributed by atoms with van der Waals surface area (Å²) in [5.41, 5.74) is 1.61. The lowest BCUT2D eigenvalue weighted by molar-refractivity contribution is -0.218. The maximum atomic E-state index is 11.4. The second kappa shape index (κ2) is 7.84. The fraction of sp³-hybridized carbons (Fsp3) is 0.636. The van der Waals surface area contributed by atoms with E-state index < -0.39 is 5.97 Å². The van der Waals surface area contributed by atoms with Crippen LogP contribution in [0, 0.1) is 23.2 Å². The summed E-state index contributed by atoms with van der Waals surface area (Å²) in [7, 11) is 0. The molecule has 4 rings (SSSR count). The minimum absolute atomic E-state index is 0.151. The molecular weight excluding hydrogens is 358 g/mol. The van der Waals surface area contributed by atoms with E-state index in [0.717, 1.165) is 38.7 Å². The van der Waals surface area contributed by atoms with E-state index >= 15 is 0 Å². The first-order valence-electron chi connectivity index (χ1n) is 10.2. The van der Waals surface area contributed by atoms with Gasteiger partial charge in [-0.3, -0.25) is 4.98 Å². The molecule has 152 valence electrons. The van der Waals surface area contributed by atoms with Gasteiger partial charge in [0.05, 0.1) is 25.5 Å². The molecule has 5 atom stereocenters. The molecular formula is C22H29NO5. The van der Waals surface area contributed by atoms with Crippen LogP contribution in [-0.4, -0.2) is 42.2 Å². The number of allylic oxidation sites excluding steroid dienone is 1. The molecule has 6 nitrogen and oxygen atoms in total. The van der Waals surface area contributed by atoms with E-state index in [0.29, 0.717) is 43.0 Å². The molecule has 1 saturated heterocycles. The van der Waals surface area contributed by atoms with Crippen molar-refractivity contribution in [1.29, 1.82) is 0 Å². The molecule has 3 fully saturated rings. The summed E-state index contributed by atoms with van der Waals surface area (Å²) in [5.74, 6) is 0.716. The molecule has 6 heteroatoms. The van der Waals surface area contributed by atoms with Gasteiger partial charge in [0.1, 0.15) is 12.4 Å². The summed E-state index contributed by atoms with van der Waals surface area (Å²) in [5, 5.41) is 9.32. The molecule has 1 N–H and O–H groups in total. The number of hydrogen-bond acceptors (Lipinski definition) is 5. The van der Waals surface area contributed by atoms with Crippen LogP contribution in [0.5, 0.6) is 5.75 Å². The number of carboxylic acids is 1. The van der Waals surface area contributed by atoms with Gasteiger partial charge in [0.15, 0.2) is 5.75 Å². The highest BCUT2D eigenvalue weighted by Gasteiger charge is 2.53. The van der Waals surface area contributed by atoms with Gasteiger partial charge in [0.2, 0.25) is 0 Å². The number of aromatic nitrogens is 1. The van der Waals surface area contributed by atoms with E-state index in [9.17, 15) is 9.90 Å². The summed E-state index contributed by atoms with van der Waals surface area (Å²) in [6.45, 7) is 8.45. The van der Waals surface area contributed by atoms with Crippen molar-refractivity contribution >= 4 is 5.97 Å². The molecule has 0 spiro atoms. The first-order valence-corrected chi connectivity index (χ1v) is 10.2. The van der Waals surface area contributed by atoms with Crippen molar-refractivity contribution in [2.24, 2.45) is 23.2 Å². The van der Waals surface area contributed by atoms with Gasteiger partial charge in [-0.25, -0.2) is 4.79 Å². The molecule has 28 heavy (non-hydrogen) atoms. The lowest BCUT2D eigenvalue weighted by Gasteiger charge is -2.57. The topological polar surface area (TPSA) is 77.9 Å². The standard InChI is InChI=1S/C22H29NO5/c1-14-3-4-18-16-12-26-13-28-19(16)5-8-22(18,2)17(14)7-10-27-20-11-23-9-6-15(20)21(24)25/h6,9,11,16-19H,1,3-5,7-8,10,12-13H2,2H3,(H,24,25). The molecule has 5 unspecified atom stereocenters. The first-order chi connectivity index (χ1) is 13.5. The summed E-state index contributed by atoms with van der Waals surface area (Å²) < 4.78 is 17.4. The van der Waals surface area contributed by atoms with Crippen molar-refractivity contribution in [1.82, 2.24) is 4.98 Å². The van der Waals surface area contributed by atoms with Crippen LogP contribution in [-0.2, 0) is 9.47 Å². The minimum Gasteiger partial charge on any atom is -0.491 e. The monoisotopic (exact) mass is 387 g/mol. The van der Waals surface area contributed by atoms with Crippen LogP contribution in [0.3, 0.4) is 0 Å². The van der Waals surface area contributed by atoms with Crippen LogP contribution >= 0.6 is 0 Å². The normalized spacial score (nSPS) is 35.0. The zero-order valence-electron chi connectivity index (χ0n) is 16.4. The number of carboxylic acid groups (broad SMARTS) is 1. The van der Waals surface area contributed by atoms with Gasteiger partial charge >= 0.3 is 5.97 Å². The van der Waals surface area contributed by atoms with Crippen molar-refractivity contribution in [2.75, 3.05) is 20.0 Å². The Morgan fingerprint density at radius 2 is 2.32 bits per heavy atom. The van der Waals surface area contributed by atoms with E-state index in [1.165, 1.54) is 24.0 Å². The first kappa shape index (κ1) is 19.4. The highest BCUT2D eigenvalue weighted by molar-refractivity contribution is 5.90. The van der Waals surface area contributed by atoms with Crippen molar-refractivity contribution in [3.05, 3.63) is 36.2 Å². The van der Waals surface area contributed by atoms with E-state index in [2.05, 4.69) is 18.5 Å². The lowest BCUT2D eigenvalue weighted by Crippen LogP contribution is -2.54. The maximum absolute atomic E-state index is 11.4. The predicted molar refractivity (Wildman–Crippen MR) is 103 cm³/mol. The fourth-order valence-electron chi connectivity index (χ4n) is 5.80. The quantitative estimate of drug-likeness (QED) is 0.772. The Balaban J connectivity index is 1.46. The Kier molecular flexibility index (Phi) is 5.43. The molecule has 3 aliphatic rings. The fourth-order valence-corrected chi connectivity index (χ4v) is 5.80. The van der Waals surface area contributed by atoms with Crippen LogP contribution in [0.1, 0.15) is 49.4 Å². The summed E-state index contributed by atoms with van der Waals surface area (Å²) in [4.78, 5) is 15.4. The van der Waals surface area contributed by atoms with Crippen molar-refractivity contribution in [2.45, 2.75) is 45.1 Å². The van der Waals surface area contributed by atoms with E-state index in [1.807, 2.05) is 0 Å². The summed E-state index contributed by atoms with van der Waals surface area (Å²) in [6.07, 6.45) is 8.46. The van der Waals surface area contributed by atoms with Gasteiger partial charge in [0, 0.05) is 12.1 Å². The van der Waals surface area contributed by atoms with Gasteiger partial charge in [0.25, 0.3) is 0 Å². The predicted octanol–water partition coefficient (Wildman–Crippen LogP) is 3.92. The van der Waals surface area contributed by atoms with Gasteiger partial charge in [-0.15, -0.1) is 0 Å². The summed E-state index contributed by atoms with van der Waals surface area (Å²) in [6, 6.07) is 1.47. The van der Waals surface area contributed by atoms with Gasteiger partial charge in [-0.05, 0) is 55.4 Å². The zero-order valence-corrected chi connectivity index (χ0v) is 16.4. The third-order valence-electron chi connectivity index (χ3n) is 7.23. The SMILES string of the molecule is C=C1CCC2C3COCOC3CCC2(C)C1CCOc1cnccc1C(=O)O. The number of pyridine rings is 1. The largest absolute Gasteiger partial charge is 0.491 e. The molecule has 0 aromatic carbocycles. The number of rotatable bonds is 5. The average molecular weight is 387 g/mol. The molecule has 0 bridgehead atoms. The van der Waals surface area contributed by atoms with E-state index in [4.69, 9.17) is 14.2 Å². The Hall–Kier alpha value is -1.92. The smallest absolute Gasteiger partial charge is 0.339 e. The highest BCUT2D eigenvalue weighted by Crippen LogP contribution is 2.58. The van der Waals surface area contributed by atoms with Gasteiger partial charge in [-0.1, -0.05) is 19.1 Å². The molecule has 1 aromatic rings. The highest BCUT2D eigenvalue weighted by atomic mass is 16.7. The third-order valence-corrected chi connectivity index (χ3v) is 7.23. The second-order valence-corrected chi connectivity index (χ2v) is 8.57. The average Bonchev–Trinajstić information content (AvgIpc) is 2.70. The van der Waals surface area contributed by atoms with Gasteiger partial charge < -0.3 is 19.3 Å². The van der Waals surface area contributed by atoms with Crippen molar-refractivity contribution in [3.63, 3.8) is 0 Å². The number of hydrogen-bond donors (Lipinski definition) is 1. The number of ether oxygens (including phenoxy) is 3. The van der Waals surface area contributed by atoms with Crippen LogP contribution < -0.4 is 4.74 Å². The van der Waals surface area contributed by atoms with Crippen LogP contribution in [0.4, 0.5) is 0 Å². The molecule has 2 heterocycles. The third kappa shape index (κ3) is 3.44. The molecule has 2 saturated carbocycles. The molecule has 1 aliphatic heterocycles. The van der Waals surface area contributed by atoms with Gasteiger partial charge in [-0.2, -0.15) is 0 Å². The minimum atomic E-state index is -0.998. The molecule has 1 aromatic heterocycles. The van der Waals surface area contributed by atoms with E-state index in [1.54, 1.807) is 0 Å². The number of carbonyl (C=O) groups is 1. The van der Waals surface area contributed by atoms with Crippen LogP contribution in [0.2, 0.25) is 0 Å². The van der Waals surface area contributed by atoms with Crippen molar-refractivity contribution < 1.29 is 24.1 Å². The maximum Gasteiger partial charge on any atom is 0.339 e. The number of aromatic carboxylic acids is 1. The van der Waals surface area contributed by atoms with E-state index in [-0.39, 0.29) is 11.0 Å². The zero-order chi connectivity index (χ0) is 19.7. The summed E-state index contributed by atoms with van der Waals surface area (Å²) >= 11 is 0. The number of fused-ring (bicyclic) bond motifs is 3. The Bertz CT molecular complexity index is 750. The van der Waals surface area contributed by atoms with Crippen LogP contribution in [0.15, 0.2) is 30.6 Å². The molecule has 0 radical (unpaired) electrons. The second-order valence-electron chi connectivity index (χ2n) is 8.57. The lowest BCUT2D eigenvalue weighted by atomic mass is 9.50. The number of nitrogens with zero attached hydrogens (tertiary/aromatic N) is 1. The Morgan fingerprint density at radius 1 is 1.46 bits per heavy atom. The Labute approximate surface area is 165 Å². The van der Waals surface area contributed by atoms with Crippen LogP contribution in [0.25, 0.3) is 0 Å². The Morgan fingerprint density at radius 3 is 3.14 bits per heavy atom. The molecule has 2 aliphatic carbocycles.